The van der Waals surface area contributed by atoms with Crippen molar-refractivity contribution in [3.05, 3.63) is 122 Å². The third-order valence-electron chi connectivity index (χ3n) is 12.9. The van der Waals surface area contributed by atoms with Gasteiger partial charge in [-0.2, -0.15) is 0 Å². The Labute approximate surface area is 462 Å². The zero-order valence-electron chi connectivity index (χ0n) is 48.8. The Bertz CT molecular complexity index is 1570. The van der Waals surface area contributed by atoms with Gasteiger partial charge in [0.25, 0.3) is 0 Å². The number of carbonyl (C=O) groups is 3. The van der Waals surface area contributed by atoms with Crippen LogP contribution in [0.25, 0.3) is 0 Å². The number of rotatable bonds is 55. The molecule has 0 bridgehead atoms. The fourth-order valence-corrected chi connectivity index (χ4v) is 8.27. The van der Waals surface area contributed by atoms with E-state index in [1.807, 2.05) is 0 Å². The van der Waals surface area contributed by atoms with Gasteiger partial charge < -0.3 is 14.2 Å². The van der Waals surface area contributed by atoms with E-state index in [-0.39, 0.29) is 31.1 Å². The van der Waals surface area contributed by atoms with Gasteiger partial charge in [-0.3, -0.25) is 14.4 Å². The van der Waals surface area contributed by atoms with Crippen molar-refractivity contribution in [2.45, 2.75) is 284 Å². The summed E-state index contributed by atoms with van der Waals surface area (Å²) < 4.78 is 16.9. The molecule has 0 spiro atoms. The first-order valence-corrected chi connectivity index (χ1v) is 31.0. The summed E-state index contributed by atoms with van der Waals surface area (Å²) in [4.78, 5) is 38.2. The molecule has 0 aliphatic carbocycles. The lowest BCUT2D eigenvalue weighted by molar-refractivity contribution is -0.167. The molecule has 0 saturated carbocycles. The van der Waals surface area contributed by atoms with Gasteiger partial charge in [0.1, 0.15) is 13.2 Å². The SMILES string of the molecule is CC/C=C\C/C=C\C/C=C\C/C=C\C/C=C\C/C=C\C/C=C\C/C=C\CCCCCCC(=O)OCC(COC(=O)CCCCCCC/C=C\CCCCCC)OC(=O)CCCCCCC/C=C\CCCCCCCC. The van der Waals surface area contributed by atoms with Crippen LogP contribution in [0.3, 0.4) is 0 Å². The highest BCUT2D eigenvalue weighted by atomic mass is 16.6. The van der Waals surface area contributed by atoms with Gasteiger partial charge in [-0.25, -0.2) is 0 Å². The van der Waals surface area contributed by atoms with E-state index in [1.165, 1.54) is 96.3 Å². The number of esters is 3. The molecule has 75 heavy (non-hydrogen) atoms. The highest BCUT2D eigenvalue weighted by Gasteiger charge is 2.19. The Morgan fingerprint density at radius 1 is 0.280 bits per heavy atom. The molecule has 0 rings (SSSR count). The number of ether oxygens (including phenoxy) is 3. The second-order valence-corrected chi connectivity index (χ2v) is 20.2. The normalized spacial score (nSPS) is 12.9. The average Bonchev–Trinajstić information content (AvgIpc) is 3.41. The molecule has 0 aromatic carbocycles. The highest BCUT2D eigenvalue weighted by molar-refractivity contribution is 5.71. The van der Waals surface area contributed by atoms with Crippen molar-refractivity contribution in [1.82, 2.24) is 0 Å². The van der Waals surface area contributed by atoms with Crippen LogP contribution in [0.1, 0.15) is 278 Å². The van der Waals surface area contributed by atoms with E-state index in [2.05, 4.69) is 142 Å². The van der Waals surface area contributed by atoms with Crippen LogP contribution < -0.4 is 0 Å². The van der Waals surface area contributed by atoms with Gasteiger partial charge in [0.15, 0.2) is 6.10 Å². The molecule has 0 N–H and O–H groups in total. The van der Waals surface area contributed by atoms with E-state index in [0.29, 0.717) is 19.3 Å². The average molecular weight is 1040 g/mol. The Morgan fingerprint density at radius 3 is 0.840 bits per heavy atom. The summed E-state index contributed by atoms with van der Waals surface area (Å²) in [6, 6.07) is 0. The third kappa shape index (κ3) is 60.6. The molecule has 426 valence electrons. The summed E-state index contributed by atoms with van der Waals surface area (Å²) in [7, 11) is 0. The number of allylic oxidation sites excluding steroid dienone is 20. The first-order chi connectivity index (χ1) is 37.0. The second-order valence-electron chi connectivity index (χ2n) is 20.2. The van der Waals surface area contributed by atoms with Gasteiger partial charge in [0.2, 0.25) is 0 Å². The maximum atomic E-state index is 12.9. The molecule has 0 fully saturated rings. The van der Waals surface area contributed by atoms with Crippen LogP contribution in [-0.4, -0.2) is 37.2 Å². The Morgan fingerprint density at radius 2 is 0.520 bits per heavy atom. The van der Waals surface area contributed by atoms with Gasteiger partial charge in [0, 0.05) is 19.3 Å². The van der Waals surface area contributed by atoms with Crippen LogP contribution in [0.15, 0.2) is 122 Å². The summed E-state index contributed by atoms with van der Waals surface area (Å²) in [6.45, 7) is 6.47. The molecule has 6 heteroatoms. The van der Waals surface area contributed by atoms with Crippen molar-refractivity contribution in [3.63, 3.8) is 0 Å². The van der Waals surface area contributed by atoms with E-state index in [9.17, 15) is 14.4 Å². The molecule has 1 unspecified atom stereocenters. The predicted molar refractivity (Wildman–Crippen MR) is 325 cm³/mol. The first-order valence-electron chi connectivity index (χ1n) is 31.0. The molecule has 0 saturated heterocycles. The summed E-state index contributed by atoms with van der Waals surface area (Å²) >= 11 is 0. The fraction of sp³-hybridized carbons (Fsp3) is 0.667. The standard InChI is InChI=1S/C69H114O6/c1-4-7-10-13-16-19-22-25-27-28-29-30-31-32-33-34-35-36-37-38-39-40-42-44-47-50-53-56-59-62-68(71)74-65-66(64-73-67(70)61-58-55-52-49-46-43-24-21-18-15-12-9-6-3)75-69(72)63-60-57-54-51-48-45-41-26-23-20-17-14-11-8-5-2/h7,10,16,19,21,24-27,29-30,32-33,35-36,38-39,41-42,44,66H,4-6,8-9,11-15,17-18,20,22-23,28,31,34,37,40,43,45-65H2,1-3H3/b10-7-,19-16-,24-21-,27-25-,30-29-,33-32-,36-35-,39-38-,41-26-,44-42-. The van der Waals surface area contributed by atoms with E-state index < -0.39 is 6.10 Å². The second kappa shape index (κ2) is 62.4. The van der Waals surface area contributed by atoms with Gasteiger partial charge in [-0.1, -0.05) is 245 Å². The summed E-state index contributed by atoms with van der Waals surface area (Å²) in [5.74, 6) is -0.936. The molecule has 6 nitrogen and oxygen atoms in total. The molecular formula is C69H114O6. The lowest BCUT2D eigenvalue weighted by atomic mass is 10.1. The molecule has 0 heterocycles. The van der Waals surface area contributed by atoms with E-state index in [0.717, 1.165) is 141 Å². The van der Waals surface area contributed by atoms with Crippen molar-refractivity contribution in [2.24, 2.45) is 0 Å². The van der Waals surface area contributed by atoms with Crippen LogP contribution in [0.4, 0.5) is 0 Å². The molecule has 0 amide bonds. The van der Waals surface area contributed by atoms with Crippen molar-refractivity contribution >= 4 is 17.9 Å². The Balaban J connectivity index is 4.38. The summed E-state index contributed by atoms with van der Waals surface area (Å²) in [5.41, 5.74) is 0. The smallest absolute Gasteiger partial charge is 0.306 e. The minimum absolute atomic E-state index is 0.0954. The molecule has 1 atom stereocenters. The monoisotopic (exact) mass is 1040 g/mol. The number of hydrogen-bond acceptors (Lipinski definition) is 6. The van der Waals surface area contributed by atoms with Gasteiger partial charge >= 0.3 is 17.9 Å². The number of hydrogen-bond donors (Lipinski definition) is 0. The molecular weight excluding hydrogens is 925 g/mol. The zero-order valence-corrected chi connectivity index (χ0v) is 48.8. The quantitative estimate of drug-likeness (QED) is 0.0261. The first kappa shape index (κ1) is 70.8. The number of carbonyl (C=O) groups excluding carboxylic acids is 3. The largest absolute Gasteiger partial charge is 0.462 e. The predicted octanol–water partition coefficient (Wildman–Crippen LogP) is 21.2. The van der Waals surface area contributed by atoms with Gasteiger partial charge in [-0.15, -0.1) is 0 Å². The van der Waals surface area contributed by atoms with Crippen molar-refractivity contribution in [1.29, 1.82) is 0 Å². The van der Waals surface area contributed by atoms with Crippen LogP contribution in [-0.2, 0) is 28.6 Å². The lowest BCUT2D eigenvalue weighted by Crippen LogP contribution is -2.30. The topological polar surface area (TPSA) is 78.9 Å². The van der Waals surface area contributed by atoms with Crippen LogP contribution >= 0.6 is 0 Å². The maximum Gasteiger partial charge on any atom is 0.306 e. The Kier molecular flexibility index (Phi) is 58.9. The third-order valence-corrected chi connectivity index (χ3v) is 12.9. The van der Waals surface area contributed by atoms with Crippen molar-refractivity contribution in [3.8, 4) is 0 Å². The molecule has 0 aromatic rings. The lowest BCUT2D eigenvalue weighted by Gasteiger charge is -2.18. The van der Waals surface area contributed by atoms with Crippen molar-refractivity contribution < 1.29 is 28.6 Å². The van der Waals surface area contributed by atoms with E-state index in [1.54, 1.807) is 0 Å². The van der Waals surface area contributed by atoms with Gasteiger partial charge in [0.05, 0.1) is 0 Å². The molecule has 0 aromatic heterocycles. The maximum absolute atomic E-state index is 12.9. The highest BCUT2D eigenvalue weighted by Crippen LogP contribution is 2.14. The van der Waals surface area contributed by atoms with E-state index in [4.69, 9.17) is 14.2 Å². The zero-order chi connectivity index (χ0) is 54.3. The van der Waals surface area contributed by atoms with Gasteiger partial charge in [-0.05, 0) is 135 Å². The Hall–Kier alpha value is -4.19. The van der Waals surface area contributed by atoms with Crippen LogP contribution in [0.2, 0.25) is 0 Å². The molecule has 0 radical (unpaired) electrons. The van der Waals surface area contributed by atoms with E-state index >= 15 is 0 Å². The minimum atomic E-state index is -0.800. The number of unbranched alkanes of at least 4 members (excludes halogenated alkanes) is 24. The van der Waals surface area contributed by atoms with Crippen molar-refractivity contribution in [2.75, 3.05) is 13.2 Å². The molecule has 0 aliphatic heterocycles. The fourth-order valence-electron chi connectivity index (χ4n) is 8.27. The molecule has 0 aliphatic rings. The minimum Gasteiger partial charge on any atom is -0.462 e. The summed E-state index contributed by atoms with van der Waals surface area (Å²) in [5, 5.41) is 0. The summed E-state index contributed by atoms with van der Waals surface area (Å²) in [6.07, 6.45) is 86.2. The van der Waals surface area contributed by atoms with Crippen LogP contribution in [0, 0.1) is 0 Å². The van der Waals surface area contributed by atoms with Crippen LogP contribution in [0.5, 0.6) is 0 Å².